The van der Waals surface area contributed by atoms with Crippen LogP contribution >= 0.6 is 0 Å². The Morgan fingerprint density at radius 3 is 2.57 bits per heavy atom. The van der Waals surface area contributed by atoms with Gasteiger partial charge in [-0.3, -0.25) is 4.79 Å². The Bertz CT molecular complexity index is 634. The first kappa shape index (κ1) is 17.1. The lowest BCUT2D eigenvalue weighted by atomic mass is 10.0. The van der Waals surface area contributed by atoms with Gasteiger partial charge in [0, 0.05) is 30.3 Å². The van der Waals surface area contributed by atoms with Gasteiger partial charge in [0.1, 0.15) is 6.33 Å². The molecule has 6 heteroatoms. The van der Waals surface area contributed by atoms with Gasteiger partial charge >= 0.3 is 0 Å². The average molecular weight is 316 g/mol. The maximum Gasteiger partial charge on any atom is 0.251 e. The number of nitrogens with zero attached hydrogens (tertiary/aromatic N) is 3. The normalized spacial score (nSPS) is 12.4. The van der Waals surface area contributed by atoms with Crippen molar-refractivity contribution in [3.8, 4) is 11.4 Å². The molecule has 124 valence electrons. The van der Waals surface area contributed by atoms with Crippen molar-refractivity contribution in [1.29, 1.82) is 0 Å². The van der Waals surface area contributed by atoms with E-state index in [4.69, 9.17) is 5.11 Å². The maximum atomic E-state index is 12.3. The zero-order valence-electron chi connectivity index (χ0n) is 13.9. The van der Waals surface area contributed by atoms with Crippen LogP contribution in [0.4, 0.5) is 0 Å². The van der Waals surface area contributed by atoms with Crippen molar-refractivity contribution in [2.45, 2.75) is 39.8 Å². The summed E-state index contributed by atoms with van der Waals surface area (Å²) in [6.07, 6.45) is 2.25. The fourth-order valence-electron chi connectivity index (χ4n) is 2.44. The smallest absolute Gasteiger partial charge is 0.251 e. The first-order valence-electron chi connectivity index (χ1n) is 7.96. The molecule has 6 nitrogen and oxygen atoms in total. The third-order valence-corrected chi connectivity index (χ3v) is 3.92. The molecule has 0 aliphatic heterocycles. The summed E-state index contributed by atoms with van der Waals surface area (Å²) in [5.74, 6) is 0.939. The highest BCUT2D eigenvalue weighted by molar-refractivity contribution is 5.94. The van der Waals surface area contributed by atoms with E-state index >= 15 is 0 Å². The fraction of sp³-hybridized carbons (Fsp3) is 0.471. The standard InChI is InChI=1S/C17H24N4O2/c1-4-21-11-18-20-16(21)13-5-7-14(8-6-13)17(23)19-15(9-10-22)12(2)3/h5-8,11-12,15,22H,4,9-10H2,1-3H3,(H,19,23). The number of hydrogen-bond donors (Lipinski definition) is 2. The highest BCUT2D eigenvalue weighted by atomic mass is 16.3. The summed E-state index contributed by atoms with van der Waals surface area (Å²) >= 11 is 0. The monoisotopic (exact) mass is 316 g/mol. The first-order valence-corrected chi connectivity index (χ1v) is 7.96. The van der Waals surface area contributed by atoms with Crippen LogP contribution in [-0.2, 0) is 6.54 Å². The van der Waals surface area contributed by atoms with Crippen LogP contribution in [-0.4, -0.2) is 38.4 Å². The molecule has 0 spiro atoms. The van der Waals surface area contributed by atoms with Crippen LogP contribution in [0, 0.1) is 5.92 Å². The van der Waals surface area contributed by atoms with Crippen molar-refractivity contribution >= 4 is 5.91 Å². The molecule has 23 heavy (non-hydrogen) atoms. The third kappa shape index (κ3) is 4.16. The summed E-state index contributed by atoms with van der Waals surface area (Å²) in [7, 11) is 0. The number of hydrogen-bond acceptors (Lipinski definition) is 4. The summed E-state index contributed by atoms with van der Waals surface area (Å²) < 4.78 is 1.95. The van der Waals surface area contributed by atoms with Crippen molar-refractivity contribution in [2.75, 3.05) is 6.61 Å². The number of nitrogens with one attached hydrogen (secondary N) is 1. The first-order chi connectivity index (χ1) is 11.1. The Labute approximate surface area is 136 Å². The van der Waals surface area contributed by atoms with E-state index < -0.39 is 0 Å². The van der Waals surface area contributed by atoms with Crippen LogP contribution in [0.5, 0.6) is 0 Å². The van der Waals surface area contributed by atoms with E-state index in [9.17, 15) is 4.79 Å². The number of aliphatic hydroxyl groups is 1. The second-order valence-electron chi connectivity index (χ2n) is 5.85. The molecule has 1 aromatic heterocycles. The molecule has 0 aliphatic carbocycles. The molecule has 1 aromatic carbocycles. The Morgan fingerprint density at radius 1 is 1.30 bits per heavy atom. The number of benzene rings is 1. The van der Waals surface area contributed by atoms with Gasteiger partial charge in [0.15, 0.2) is 5.82 Å². The Hall–Kier alpha value is -2.21. The van der Waals surface area contributed by atoms with Crippen LogP contribution in [0.3, 0.4) is 0 Å². The third-order valence-electron chi connectivity index (χ3n) is 3.92. The summed E-state index contributed by atoms with van der Waals surface area (Å²) in [5.41, 5.74) is 1.52. The largest absolute Gasteiger partial charge is 0.396 e. The maximum absolute atomic E-state index is 12.3. The van der Waals surface area contributed by atoms with Crippen LogP contribution in [0.25, 0.3) is 11.4 Å². The highest BCUT2D eigenvalue weighted by Gasteiger charge is 2.17. The summed E-state index contributed by atoms with van der Waals surface area (Å²) in [4.78, 5) is 12.3. The minimum absolute atomic E-state index is 0.0321. The van der Waals surface area contributed by atoms with Crippen LogP contribution in [0.15, 0.2) is 30.6 Å². The summed E-state index contributed by atoms with van der Waals surface area (Å²) in [6, 6.07) is 7.30. The lowest BCUT2D eigenvalue weighted by Gasteiger charge is -2.21. The molecule has 0 bridgehead atoms. The number of aromatic nitrogens is 3. The van der Waals surface area contributed by atoms with Gasteiger partial charge in [0.05, 0.1) is 0 Å². The molecular weight excluding hydrogens is 292 g/mol. The molecule has 0 saturated carbocycles. The minimum Gasteiger partial charge on any atom is -0.396 e. The van der Waals surface area contributed by atoms with Gasteiger partial charge in [0.25, 0.3) is 5.91 Å². The van der Waals surface area contributed by atoms with Gasteiger partial charge in [-0.05, 0) is 31.4 Å². The highest BCUT2D eigenvalue weighted by Crippen LogP contribution is 2.17. The van der Waals surface area contributed by atoms with E-state index in [1.54, 1.807) is 18.5 Å². The lowest BCUT2D eigenvalue weighted by Crippen LogP contribution is -2.39. The lowest BCUT2D eigenvalue weighted by molar-refractivity contribution is 0.0916. The molecule has 0 fully saturated rings. The Kier molecular flexibility index (Phi) is 5.87. The van der Waals surface area contributed by atoms with Crippen molar-refractivity contribution in [3.63, 3.8) is 0 Å². The molecule has 1 atom stereocenters. The predicted octanol–water partition coefficient (Wildman–Crippen LogP) is 2.10. The second-order valence-corrected chi connectivity index (χ2v) is 5.85. The van der Waals surface area contributed by atoms with E-state index in [2.05, 4.69) is 15.5 Å². The molecule has 0 saturated heterocycles. The van der Waals surface area contributed by atoms with Crippen LogP contribution in [0.1, 0.15) is 37.6 Å². The number of aryl methyl sites for hydroxylation is 1. The van der Waals surface area contributed by atoms with E-state index in [1.807, 2.05) is 37.5 Å². The van der Waals surface area contributed by atoms with Gasteiger partial charge in [-0.1, -0.05) is 26.0 Å². The minimum atomic E-state index is -0.124. The van der Waals surface area contributed by atoms with Crippen LogP contribution < -0.4 is 5.32 Å². The zero-order valence-corrected chi connectivity index (χ0v) is 13.9. The van der Waals surface area contributed by atoms with Gasteiger partial charge in [-0.2, -0.15) is 0 Å². The topological polar surface area (TPSA) is 80.0 Å². The predicted molar refractivity (Wildman–Crippen MR) is 88.9 cm³/mol. The summed E-state index contributed by atoms with van der Waals surface area (Å²) in [5, 5.41) is 20.1. The average Bonchev–Trinajstić information content (AvgIpc) is 3.03. The van der Waals surface area contributed by atoms with Crippen molar-refractivity contribution in [1.82, 2.24) is 20.1 Å². The van der Waals surface area contributed by atoms with Crippen molar-refractivity contribution < 1.29 is 9.90 Å². The fourth-order valence-corrected chi connectivity index (χ4v) is 2.44. The van der Waals surface area contributed by atoms with Gasteiger partial charge in [0.2, 0.25) is 0 Å². The van der Waals surface area contributed by atoms with Crippen LogP contribution in [0.2, 0.25) is 0 Å². The van der Waals surface area contributed by atoms with Gasteiger partial charge < -0.3 is 15.0 Å². The Morgan fingerprint density at radius 2 is 2.00 bits per heavy atom. The SMILES string of the molecule is CCn1cnnc1-c1ccc(C(=O)NC(CCO)C(C)C)cc1. The molecule has 1 amide bonds. The number of aliphatic hydroxyl groups excluding tert-OH is 1. The van der Waals surface area contributed by atoms with Crippen molar-refractivity contribution in [3.05, 3.63) is 36.2 Å². The Balaban J connectivity index is 2.11. The molecule has 0 aliphatic rings. The van der Waals surface area contributed by atoms with E-state index in [-0.39, 0.29) is 24.5 Å². The van der Waals surface area contributed by atoms with Gasteiger partial charge in [-0.15, -0.1) is 10.2 Å². The molecule has 0 radical (unpaired) electrons. The quantitative estimate of drug-likeness (QED) is 0.820. The van der Waals surface area contributed by atoms with Crippen molar-refractivity contribution in [2.24, 2.45) is 5.92 Å². The molecule has 2 N–H and O–H groups in total. The number of amides is 1. The number of rotatable bonds is 7. The summed E-state index contributed by atoms with van der Waals surface area (Å²) in [6.45, 7) is 6.95. The number of carbonyl (C=O) groups is 1. The number of carbonyl (C=O) groups excluding carboxylic acids is 1. The van der Waals surface area contributed by atoms with E-state index in [0.717, 1.165) is 17.9 Å². The zero-order chi connectivity index (χ0) is 16.8. The molecular formula is C17H24N4O2. The van der Waals surface area contributed by atoms with Gasteiger partial charge in [-0.25, -0.2) is 0 Å². The second kappa shape index (κ2) is 7.87. The molecule has 2 rings (SSSR count). The molecule has 1 unspecified atom stereocenters. The molecule has 1 heterocycles. The van der Waals surface area contributed by atoms with E-state index in [1.165, 1.54) is 0 Å². The molecule has 2 aromatic rings. The van der Waals surface area contributed by atoms with E-state index in [0.29, 0.717) is 12.0 Å².